The highest BCUT2D eigenvalue weighted by Crippen LogP contribution is 2.37. The highest BCUT2D eigenvalue weighted by molar-refractivity contribution is 5.97. The van der Waals surface area contributed by atoms with Gasteiger partial charge in [-0.3, -0.25) is 10.1 Å². The highest BCUT2D eigenvalue weighted by Gasteiger charge is 2.28. The van der Waals surface area contributed by atoms with E-state index in [-0.39, 0.29) is 36.2 Å². The Labute approximate surface area is 182 Å². The fraction of sp³-hybridized carbons (Fsp3) is 0.190. The summed E-state index contributed by atoms with van der Waals surface area (Å²) >= 11 is 0. The van der Waals surface area contributed by atoms with Crippen LogP contribution in [0.1, 0.15) is 15.9 Å². The second-order valence-corrected chi connectivity index (χ2v) is 6.76. The maximum atomic E-state index is 12.1. The van der Waals surface area contributed by atoms with E-state index in [2.05, 4.69) is 15.3 Å². The number of aromatic nitrogens is 2. The number of carbonyl (C=O) groups excluding carboxylic acids is 1. The Hall–Kier alpha value is -4.41. The van der Waals surface area contributed by atoms with Crippen LogP contribution in [-0.4, -0.2) is 41.8 Å². The van der Waals surface area contributed by atoms with Crippen LogP contribution >= 0.6 is 0 Å². The monoisotopic (exact) mass is 437 g/mol. The van der Waals surface area contributed by atoms with Crippen molar-refractivity contribution in [3.05, 3.63) is 70.0 Å². The number of nitrogens with zero attached hydrogens (tertiary/aromatic N) is 4. The number of nitro groups is 1. The molecule has 2 aromatic carbocycles. The van der Waals surface area contributed by atoms with Crippen molar-refractivity contribution in [2.45, 2.75) is 6.54 Å². The molecule has 0 amide bonds. The molecule has 11 nitrogen and oxygen atoms in total. The van der Waals surface area contributed by atoms with Crippen molar-refractivity contribution in [3.63, 3.8) is 0 Å². The number of benzene rings is 2. The summed E-state index contributed by atoms with van der Waals surface area (Å²) < 4.78 is 15.5. The van der Waals surface area contributed by atoms with Gasteiger partial charge < -0.3 is 24.4 Å². The SMILES string of the molecule is COC(=O)c1ccccc1N(C)c1ncnc(NCc2ccc3c(c2)OCO3)c1[N+](=O)[O-]. The van der Waals surface area contributed by atoms with Crippen molar-refractivity contribution in [1.29, 1.82) is 0 Å². The van der Waals surface area contributed by atoms with Gasteiger partial charge in [0.05, 0.1) is 23.3 Å². The van der Waals surface area contributed by atoms with Gasteiger partial charge in [0.2, 0.25) is 18.4 Å². The maximum Gasteiger partial charge on any atom is 0.353 e. The Balaban J connectivity index is 1.65. The Morgan fingerprint density at radius 1 is 1.22 bits per heavy atom. The van der Waals surface area contributed by atoms with Crippen LogP contribution in [-0.2, 0) is 11.3 Å². The molecule has 2 heterocycles. The predicted molar refractivity (Wildman–Crippen MR) is 114 cm³/mol. The van der Waals surface area contributed by atoms with Gasteiger partial charge in [0.25, 0.3) is 0 Å². The van der Waals surface area contributed by atoms with E-state index < -0.39 is 10.9 Å². The summed E-state index contributed by atoms with van der Waals surface area (Å²) in [7, 11) is 2.85. The molecule has 0 radical (unpaired) electrons. The lowest BCUT2D eigenvalue weighted by molar-refractivity contribution is -0.383. The van der Waals surface area contributed by atoms with Gasteiger partial charge in [0.1, 0.15) is 6.33 Å². The summed E-state index contributed by atoms with van der Waals surface area (Å²) in [5.74, 6) is 0.760. The van der Waals surface area contributed by atoms with Crippen LogP contribution in [0.5, 0.6) is 11.5 Å². The number of esters is 1. The largest absolute Gasteiger partial charge is 0.465 e. The molecule has 0 spiro atoms. The number of carbonyl (C=O) groups is 1. The third-order valence-electron chi connectivity index (χ3n) is 4.87. The first-order chi connectivity index (χ1) is 15.5. The maximum absolute atomic E-state index is 12.1. The van der Waals surface area contributed by atoms with Gasteiger partial charge in [-0.2, -0.15) is 0 Å². The molecule has 1 aliphatic heterocycles. The van der Waals surface area contributed by atoms with Crippen LogP contribution in [0.2, 0.25) is 0 Å². The molecule has 4 rings (SSSR count). The summed E-state index contributed by atoms with van der Waals surface area (Å²) in [5, 5.41) is 14.9. The van der Waals surface area contributed by atoms with E-state index in [1.165, 1.54) is 18.3 Å². The van der Waals surface area contributed by atoms with Crippen LogP contribution in [0.25, 0.3) is 0 Å². The summed E-state index contributed by atoms with van der Waals surface area (Å²) in [5.41, 5.74) is 1.16. The summed E-state index contributed by atoms with van der Waals surface area (Å²) in [6.07, 6.45) is 1.22. The summed E-state index contributed by atoms with van der Waals surface area (Å²) in [6.45, 7) is 0.419. The van der Waals surface area contributed by atoms with Crippen molar-refractivity contribution < 1.29 is 23.9 Å². The zero-order valence-electron chi connectivity index (χ0n) is 17.3. The van der Waals surface area contributed by atoms with Gasteiger partial charge in [0.15, 0.2) is 11.5 Å². The van der Waals surface area contributed by atoms with E-state index in [1.807, 2.05) is 6.07 Å². The quantitative estimate of drug-likeness (QED) is 0.334. The number of fused-ring (bicyclic) bond motifs is 1. The first-order valence-corrected chi connectivity index (χ1v) is 9.52. The highest BCUT2D eigenvalue weighted by atomic mass is 16.7. The van der Waals surface area contributed by atoms with Gasteiger partial charge in [-0.15, -0.1) is 0 Å². The molecule has 0 unspecified atom stereocenters. The lowest BCUT2D eigenvalue weighted by Gasteiger charge is -2.21. The normalized spacial score (nSPS) is 11.7. The van der Waals surface area contributed by atoms with E-state index in [9.17, 15) is 14.9 Å². The van der Waals surface area contributed by atoms with Crippen molar-refractivity contribution >= 4 is 29.0 Å². The molecule has 1 N–H and O–H groups in total. The number of methoxy groups -OCH3 is 1. The number of para-hydroxylation sites is 1. The molecular weight excluding hydrogens is 418 g/mol. The zero-order chi connectivity index (χ0) is 22.7. The molecule has 32 heavy (non-hydrogen) atoms. The number of hydrogen-bond acceptors (Lipinski definition) is 10. The predicted octanol–water partition coefficient (Wildman–Crippen LogP) is 3.28. The number of ether oxygens (including phenoxy) is 3. The van der Waals surface area contributed by atoms with Gasteiger partial charge in [-0.25, -0.2) is 14.8 Å². The summed E-state index contributed by atoms with van der Waals surface area (Å²) in [6, 6.07) is 12.0. The average Bonchev–Trinajstić information content (AvgIpc) is 3.29. The Morgan fingerprint density at radius 3 is 2.78 bits per heavy atom. The van der Waals surface area contributed by atoms with Crippen molar-refractivity contribution in [2.75, 3.05) is 31.2 Å². The lowest BCUT2D eigenvalue weighted by Crippen LogP contribution is -2.18. The van der Waals surface area contributed by atoms with Crippen molar-refractivity contribution in [1.82, 2.24) is 9.97 Å². The van der Waals surface area contributed by atoms with Gasteiger partial charge in [-0.05, 0) is 29.8 Å². The van der Waals surface area contributed by atoms with Crippen LogP contribution < -0.4 is 19.7 Å². The molecule has 11 heteroatoms. The molecule has 0 fully saturated rings. The van der Waals surface area contributed by atoms with E-state index in [4.69, 9.17) is 14.2 Å². The smallest absolute Gasteiger partial charge is 0.353 e. The van der Waals surface area contributed by atoms with E-state index in [0.717, 1.165) is 5.56 Å². The van der Waals surface area contributed by atoms with Gasteiger partial charge in [-0.1, -0.05) is 18.2 Å². The fourth-order valence-electron chi connectivity index (χ4n) is 3.31. The van der Waals surface area contributed by atoms with E-state index in [0.29, 0.717) is 17.2 Å². The molecule has 0 saturated carbocycles. The van der Waals surface area contributed by atoms with Crippen LogP contribution in [0.15, 0.2) is 48.8 Å². The molecule has 3 aromatic rings. The van der Waals surface area contributed by atoms with E-state index >= 15 is 0 Å². The second kappa shape index (κ2) is 8.76. The molecule has 0 bridgehead atoms. The van der Waals surface area contributed by atoms with Crippen LogP contribution in [0.3, 0.4) is 0 Å². The Morgan fingerprint density at radius 2 is 2.00 bits per heavy atom. The first-order valence-electron chi connectivity index (χ1n) is 9.52. The van der Waals surface area contributed by atoms with Crippen molar-refractivity contribution in [2.24, 2.45) is 0 Å². The average molecular weight is 437 g/mol. The molecule has 0 atom stereocenters. The molecule has 0 aliphatic carbocycles. The minimum Gasteiger partial charge on any atom is -0.465 e. The third-order valence-corrected chi connectivity index (χ3v) is 4.87. The molecule has 1 aliphatic rings. The second-order valence-electron chi connectivity index (χ2n) is 6.76. The van der Waals surface area contributed by atoms with Gasteiger partial charge >= 0.3 is 11.7 Å². The standard InChI is InChI=1S/C21H19N5O6/c1-25(15-6-4-3-5-14(15)21(27)30-2)20-18(26(28)29)19(23-11-24-20)22-10-13-7-8-16-17(9-13)32-12-31-16/h3-9,11H,10,12H2,1-2H3,(H,22,23,24). The number of rotatable bonds is 7. The zero-order valence-corrected chi connectivity index (χ0v) is 17.3. The van der Waals surface area contributed by atoms with Crippen LogP contribution in [0.4, 0.5) is 23.0 Å². The Bertz CT molecular complexity index is 1190. The molecule has 1 aromatic heterocycles. The minimum absolute atomic E-state index is 0.0227. The Kier molecular flexibility index (Phi) is 5.71. The van der Waals surface area contributed by atoms with E-state index in [1.54, 1.807) is 43.4 Å². The first kappa shape index (κ1) is 20.8. The molecule has 0 saturated heterocycles. The molecular formula is C21H19N5O6. The fourth-order valence-corrected chi connectivity index (χ4v) is 3.31. The molecule has 164 valence electrons. The van der Waals surface area contributed by atoms with Gasteiger partial charge in [0, 0.05) is 13.6 Å². The lowest BCUT2D eigenvalue weighted by atomic mass is 10.1. The minimum atomic E-state index is -0.565. The van der Waals surface area contributed by atoms with Crippen molar-refractivity contribution in [3.8, 4) is 11.5 Å². The number of hydrogen-bond donors (Lipinski definition) is 1. The van der Waals surface area contributed by atoms with Crippen LogP contribution in [0, 0.1) is 10.1 Å². The number of nitrogens with one attached hydrogen (secondary N) is 1. The third kappa shape index (κ3) is 3.95. The topological polar surface area (TPSA) is 129 Å². The summed E-state index contributed by atoms with van der Waals surface area (Å²) in [4.78, 5) is 33.2. The number of anilines is 3.